The predicted octanol–water partition coefficient (Wildman–Crippen LogP) is 1.68. The number of hydrogen-bond acceptors (Lipinski definition) is 2. The number of rotatable bonds is 3. The van der Waals surface area contributed by atoms with Gasteiger partial charge >= 0.3 is 12.0 Å². The van der Waals surface area contributed by atoms with Crippen molar-refractivity contribution in [3.63, 3.8) is 0 Å². The quantitative estimate of drug-likeness (QED) is 0.791. The highest BCUT2D eigenvalue weighted by atomic mass is 16.4. The van der Waals surface area contributed by atoms with Crippen LogP contribution in [0.4, 0.5) is 4.79 Å². The van der Waals surface area contributed by atoms with E-state index in [4.69, 9.17) is 5.11 Å². The summed E-state index contributed by atoms with van der Waals surface area (Å²) in [7, 11) is 0. The second kappa shape index (κ2) is 6.47. The summed E-state index contributed by atoms with van der Waals surface area (Å²) < 4.78 is 0. The molecule has 0 aromatic heterocycles. The first-order chi connectivity index (χ1) is 8.04. The standard InChI is InChI=1S/C12H22N2O3/c1-3-10(11(15)16)13-12(17)14-7-4-5-9(2)6-8-14/h9-10H,3-8H2,1-2H3,(H,13,17)(H,15,16)/t9?,10-/m0/s1. The van der Waals surface area contributed by atoms with Crippen molar-refractivity contribution in [2.75, 3.05) is 13.1 Å². The molecule has 0 aromatic rings. The summed E-state index contributed by atoms with van der Waals surface area (Å²) in [5, 5.41) is 11.5. The van der Waals surface area contributed by atoms with Crippen LogP contribution < -0.4 is 5.32 Å². The first-order valence-corrected chi connectivity index (χ1v) is 6.32. The first kappa shape index (κ1) is 13.8. The van der Waals surface area contributed by atoms with Crippen molar-refractivity contribution in [3.05, 3.63) is 0 Å². The summed E-state index contributed by atoms with van der Waals surface area (Å²) in [6.07, 6.45) is 3.54. The molecular weight excluding hydrogens is 220 g/mol. The zero-order valence-electron chi connectivity index (χ0n) is 10.6. The van der Waals surface area contributed by atoms with Crippen molar-refractivity contribution in [1.82, 2.24) is 10.2 Å². The lowest BCUT2D eigenvalue weighted by atomic mass is 10.0. The third-order valence-electron chi connectivity index (χ3n) is 3.31. The van der Waals surface area contributed by atoms with E-state index in [9.17, 15) is 9.59 Å². The molecule has 0 spiro atoms. The van der Waals surface area contributed by atoms with Gasteiger partial charge in [-0.05, 0) is 31.6 Å². The molecule has 2 amide bonds. The van der Waals surface area contributed by atoms with E-state index in [1.807, 2.05) is 0 Å². The largest absolute Gasteiger partial charge is 0.480 e. The zero-order valence-corrected chi connectivity index (χ0v) is 10.6. The van der Waals surface area contributed by atoms with Gasteiger partial charge in [0.15, 0.2) is 0 Å². The molecule has 1 aliphatic rings. The van der Waals surface area contributed by atoms with Crippen LogP contribution in [0.25, 0.3) is 0 Å². The predicted molar refractivity (Wildman–Crippen MR) is 64.8 cm³/mol. The summed E-state index contributed by atoms with van der Waals surface area (Å²) in [6, 6.07) is -1.02. The third kappa shape index (κ3) is 4.24. The molecule has 2 atom stereocenters. The van der Waals surface area contributed by atoms with Gasteiger partial charge in [-0.2, -0.15) is 0 Å². The normalized spacial score (nSPS) is 22.7. The molecule has 1 saturated heterocycles. The van der Waals surface area contributed by atoms with E-state index in [0.717, 1.165) is 32.4 Å². The van der Waals surface area contributed by atoms with Gasteiger partial charge in [-0.1, -0.05) is 13.8 Å². The molecule has 1 fully saturated rings. The van der Waals surface area contributed by atoms with Gasteiger partial charge < -0.3 is 15.3 Å². The molecule has 2 N–H and O–H groups in total. The van der Waals surface area contributed by atoms with Crippen molar-refractivity contribution >= 4 is 12.0 Å². The highest BCUT2D eigenvalue weighted by Gasteiger charge is 2.23. The van der Waals surface area contributed by atoms with Crippen LogP contribution in [-0.2, 0) is 4.79 Å². The van der Waals surface area contributed by atoms with E-state index in [0.29, 0.717) is 12.3 Å². The average Bonchev–Trinajstić information content (AvgIpc) is 2.50. The van der Waals surface area contributed by atoms with Gasteiger partial charge in [-0.15, -0.1) is 0 Å². The Morgan fingerprint density at radius 2 is 2.12 bits per heavy atom. The van der Waals surface area contributed by atoms with Crippen LogP contribution >= 0.6 is 0 Å². The Hall–Kier alpha value is -1.26. The average molecular weight is 242 g/mol. The molecule has 1 aliphatic heterocycles. The maximum atomic E-state index is 11.9. The Bertz CT molecular complexity index is 281. The fourth-order valence-electron chi connectivity index (χ4n) is 2.04. The van der Waals surface area contributed by atoms with Crippen LogP contribution in [0.1, 0.15) is 39.5 Å². The lowest BCUT2D eigenvalue weighted by molar-refractivity contribution is -0.139. The van der Waals surface area contributed by atoms with Crippen LogP contribution in [0.15, 0.2) is 0 Å². The number of amides is 2. The van der Waals surface area contributed by atoms with E-state index in [1.165, 1.54) is 0 Å². The van der Waals surface area contributed by atoms with Crippen molar-refractivity contribution < 1.29 is 14.7 Å². The summed E-state index contributed by atoms with van der Waals surface area (Å²) in [6.45, 7) is 5.40. The highest BCUT2D eigenvalue weighted by molar-refractivity contribution is 5.82. The van der Waals surface area contributed by atoms with Crippen LogP contribution in [0.2, 0.25) is 0 Å². The molecule has 5 nitrogen and oxygen atoms in total. The third-order valence-corrected chi connectivity index (χ3v) is 3.31. The maximum Gasteiger partial charge on any atom is 0.326 e. The minimum atomic E-state index is -0.968. The molecular formula is C12H22N2O3. The number of nitrogens with zero attached hydrogens (tertiary/aromatic N) is 1. The Morgan fingerprint density at radius 3 is 2.71 bits per heavy atom. The van der Waals surface area contributed by atoms with Crippen molar-refractivity contribution in [1.29, 1.82) is 0 Å². The Labute approximate surface area is 102 Å². The van der Waals surface area contributed by atoms with E-state index < -0.39 is 12.0 Å². The van der Waals surface area contributed by atoms with Crippen LogP contribution in [0.5, 0.6) is 0 Å². The van der Waals surface area contributed by atoms with Gasteiger partial charge in [0.25, 0.3) is 0 Å². The van der Waals surface area contributed by atoms with Gasteiger partial charge in [0.1, 0.15) is 6.04 Å². The highest BCUT2D eigenvalue weighted by Crippen LogP contribution is 2.16. The summed E-state index contributed by atoms with van der Waals surface area (Å²) in [4.78, 5) is 24.4. The SMILES string of the molecule is CC[C@H](NC(=O)N1CCCC(C)CC1)C(=O)O. The van der Waals surface area contributed by atoms with Crippen molar-refractivity contribution in [2.24, 2.45) is 5.92 Å². The zero-order chi connectivity index (χ0) is 12.8. The van der Waals surface area contributed by atoms with Gasteiger partial charge in [-0.25, -0.2) is 9.59 Å². The molecule has 0 saturated carbocycles. The van der Waals surface area contributed by atoms with Crippen molar-refractivity contribution in [3.8, 4) is 0 Å². The van der Waals surface area contributed by atoms with Gasteiger partial charge in [-0.3, -0.25) is 0 Å². The topological polar surface area (TPSA) is 69.6 Å². The Morgan fingerprint density at radius 1 is 1.41 bits per heavy atom. The first-order valence-electron chi connectivity index (χ1n) is 6.32. The number of carbonyl (C=O) groups is 2. The lowest BCUT2D eigenvalue weighted by Gasteiger charge is -2.23. The molecule has 98 valence electrons. The fraction of sp³-hybridized carbons (Fsp3) is 0.833. The molecule has 1 rings (SSSR count). The minimum Gasteiger partial charge on any atom is -0.480 e. The number of carboxylic acids is 1. The number of nitrogens with one attached hydrogen (secondary N) is 1. The molecule has 0 aliphatic carbocycles. The monoisotopic (exact) mass is 242 g/mol. The molecule has 1 heterocycles. The number of aliphatic carboxylic acids is 1. The van der Waals surface area contributed by atoms with E-state index in [2.05, 4.69) is 12.2 Å². The number of likely N-dealkylation sites (tertiary alicyclic amines) is 1. The maximum absolute atomic E-state index is 11.9. The number of urea groups is 1. The number of carboxylic acid groups (broad SMARTS) is 1. The van der Waals surface area contributed by atoms with Gasteiger partial charge in [0.2, 0.25) is 0 Å². The second-order valence-corrected chi connectivity index (χ2v) is 4.77. The van der Waals surface area contributed by atoms with E-state index >= 15 is 0 Å². The smallest absolute Gasteiger partial charge is 0.326 e. The lowest BCUT2D eigenvalue weighted by Crippen LogP contribution is -2.48. The molecule has 17 heavy (non-hydrogen) atoms. The molecule has 0 bridgehead atoms. The molecule has 5 heteroatoms. The second-order valence-electron chi connectivity index (χ2n) is 4.77. The van der Waals surface area contributed by atoms with E-state index in [-0.39, 0.29) is 6.03 Å². The number of carbonyl (C=O) groups excluding carboxylic acids is 1. The molecule has 1 unspecified atom stereocenters. The minimum absolute atomic E-state index is 0.242. The fourth-order valence-corrected chi connectivity index (χ4v) is 2.04. The molecule has 0 radical (unpaired) electrons. The summed E-state index contributed by atoms with van der Waals surface area (Å²) in [5.41, 5.74) is 0. The Balaban J connectivity index is 2.48. The van der Waals surface area contributed by atoms with Gasteiger partial charge in [0, 0.05) is 13.1 Å². The Kier molecular flexibility index (Phi) is 5.25. The van der Waals surface area contributed by atoms with Crippen LogP contribution in [0.3, 0.4) is 0 Å². The van der Waals surface area contributed by atoms with Gasteiger partial charge in [0.05, 0.1) is 0 Å². The summed E-state index contributed by atoms with van der Waals surface area (Å²) >= 11 is 0. The number of hydrogen-bond donors (Lipinski definition) is 2. The van der Waals surface area contributed by atoms with E-state index in [1.54, 1.807) is 11.8 Å². The van der Waals surface area contributed by atoms with Crippen LogP contribution in [0, 0.1) is 5.92 Å². The van der Waals surface area contributed by atoms with Crippen molar-refractivity contribution in [2.45, 2.75) is 45.6 Å². The van der Waals surface area contributed by atoms with Crippen LogP contribution in [-0.4, -0.2) is 41.1 Å². The molecule has 0 aromatic carbocycles. The summed E-state index contributed by atoms with van der Waals surface area (Å²) in [5.74, 6) is -0.321.